The van der Waals surface area contributed by atoms with Crippen LogP contribution in [0.1, 0.15) is 13.8 Å². The number of urea groups is 1. The number of H-pyrrole nitrogens is 1. The minimum atomic E-state index is -0.263. The van der Waals surface area contributed by atoms with Gasteiger partial charge in [0.2, 0.25) is 0 Å². The number of benzene rings is 2. The molecule has 0 saturated heterocycles. The third-order valence-electron chi connectivity index (χ3n) is 4.12. The first-order chi connectivity index (χ1) is 11.5. The number of fused-ring (bicyclic) bond motifs is 1. The Morgan fingerprint density at radius 1 is 1.08 bits per heavy atom. The molecular weight excluding hydrogens is 300 g/mol. The average molecular weight is 322 g/mol. The summed E-state index contributed by atoms with van der Waals surface area (Å²) in [4.78, 5) is 17.6. The highest BCUT2D eigenvalue weighted by atomic mass is 16.2. The van der Waals surface area contributed by atoms with Crippen molar-refractivity contribution in [3.63, 3.8) is 0 Å². The molecule has 0 radical (unpaired) electrons. The molecule has 0 saturated carbocycles. The maximum absolute atomic E-state index is 12.3. The van der Waals surface area contributed by atoms with Crippen molar-refractivity contribution < 1.29 is 4.79 Å². The Bertz CT molecular complexity index is 853. The first-order valence-electron chi connectivity index (χ1n) is 8.01. The maximum Gasteiger partial charge on any atom is 0.323 e. The van der Waals surface area contributed by atoms with Crippen LogP contribution < -0.4 is 15.5 Å². The number of aromatic amines is 1. The summed E-state index contributed by atoms with van der Waals surface area (Å²) in [6.07, 6.45) is 1.86. The number of carbonyl (C=O) groups is 1. The van der Waals surface area contributed by atoms with Crippen LogP contribution in [0.5, 0.6) is 0 Å². The van der Waals surface area contributed by atoms with Gasteiger partial charge in [0, 0.05) is 36.0 Å². The lowest BCUT2D eigenvalue weighted by Gasteiger charge is -2.24. The predicted molar refractivity (Wildman–Crippen MR) is 101 cm³/mol. The summed E-state index contributed by atoms with van der Waals surface area (Å²) in [6.45, 7) is 4.26. The SMILES string of the molecule is CC(C)N(C)c1cccc(NC(=O)Nc2cccc3cc[nH]c23)c1. The first kappa shape index (κ1) is 15.9. The molecule has 0 aliphatic rings. The van der Waals surface area contributed by atoms with Crippen LogP contribution in [0.2, 0.25) is 0 Å². The zero-order valence-corrected chi connectivity index (χ0v) is 14.1. The third kappa shape index (κ3) is 3.35. The highest BCUT2D eigenvalue weighted by Gasteiger charge is 2.09. The van der Waals surface area contributed by atoms with Crippen molar-refractivity contribution in [3.8, 4) is 0 Å². The molecule has 3 N–H and O–H groups in total. The smallest absolute Gasteiger partial charge is 0.323 e. The minimum Gasteiger partial charge on any atom is -0.372 e. The molecule has 5 nitrogen and oxygen atoms in total. The molecule has 0 bridgehead atoms. The Kier molecular flexibility index (Phi) is 4.42. The quantitative estimate of drug-likeness (QED) is 0.654. The molecule has 124 valence electrons. The van der Waals surface area contributed by atoms with Gasteiger partial charge in [0.15, 0.2) is 0 Å². The molecule has 24 heavy (non-hydrogen) atoms. The summed E-state index contributed by atoms with van der Waals surface area (Å²) in [5.41, 5.74) is 3.50. The Hall–Kier alpha value is -2.95. The van der Waals surface area contributed by atoms with Gasteiger partial charge in [-0.1, -0.05) is 18.2 Å². The van der Waals surface area contributed by atoms with E-state index in [-0.39, 0.29) is 6.03 Å². The molecule has 3 aromatic rings. The van der Waals surface area contributed by atoms with Crippen molar-refractivity contribution in [2.45, 2.75) is 19.9 Å². The fraction of sp³-hybridized carbons (Fsp3) is 0.211. The number of para-hydroxylation sites is 1. The topological polar surface area (TPSA) is 60.2 Å². The first-order valence-corrected chi connectivity index (χ1v) is 8.01. The lowest BCUT2D eigenvalue weighted by molar-refractivity contribution is 0.262. The van der Waals surface area contributed by atoms with E-state index in [0.717, 1.165) is 28.0 Å². The number of nitrogens with zero attached hydrogens (tertiary/aromatic N) is 1. The van der Waals surface area contributed by atoms with Gasteiger partial charge in [0.25, 0.3) is 0 Å². The van der Waals surface area contributed by atoms with Crippen molar-refractivity contribution in [2.24, 2.45) is 0 Å². The number of hydrogen-bond donors (Lipinski definition) is 3. The Labute approximate surface area is 141 Å². The molecule has 2 aromatic carbocycles. The van der Waals surface area contributed by atoms with E-state index in [4.69, 9.17) is 0 Å². The van der Waals surface area contributed by atoms with Crippen LogP contribution in [0.15, 0.2) is 54.7 Å². The molecule has 0 fully saturated rings. The second kappa shape index (κ2) is 6.66. The predicted octanol–water partition coefficient (Wildman–Crippen LogP) is 4.66. The van der Waals surface area contributed by atoms with Gasteiger partial charge in [-0.25, -0.2) is 4.79 Å². The second-order valence-corrected chi connectivity index (χ2v) is 6.08. The van der Waals surface area contributed by atoms with Gasteiger partial charge in [-0.15, -0.1) is 0 Å². The molecule has 0 atom stereocenters. The van der Waals surface area contributed by atoms with Gasteiger partial charge in [-0.3, -0.25) is 0 Å². The van der Waals surface area contributed by atoms with Crippen molar-refractivity contribution >= 4 is 34.0 Å². The molecule has 2 amide bonds. The summed E-state index contributed by atoms with van der Waals surface area (Å²) in [6, 6.07) is 15.7. The molecule has 3 rings (SSSR count). The van der Waals surface area contributed by atoms with Gasteiger partial charge in [-0.2, -0.15) is 0 Å². The van der Waals surface area contributed by atoms with E-state index in [9.17, 15) is 4.79 Å². The number of nitrogens with one attached hydrogen (secondary N) is 3. The Morgan fingerprint density at radius 2 is 1.88 bits per heavy atom. The molecule has 0 aliphatic heterocycles. The van der Waals surface area contributed by atoms with Gasteiger partial charge >= 0.3 is 6.03 Å². The summed E-state index contributed by atoms with van der Waals surface area (Å²) >= 11 is 0. The van der Waals surface area contributed by atoms with Crippen LogP contribution in [0.3, 0.4) is 0 Å². The molecular formula is C19H22N4O. The van der Waals surface area contributed by atoms with Crippen molar-refractivity contribution in [2.75, 3.05) is 22.6 Å². The lowest BCUT2D eigenvalue weighted by Crippen LogP contribution is -2.26. The minimum absolute atomic E-state index is 0.263. The van der Waals surface area contributed by atoms with E-state index in [1.807, 2.05) is 61.8 Å². The fourth-order valence-electron chi connectivity index (χ4n) is 2.57. The van der Waals surface area contributed by atoms with E-state index in [2.05, 4.69) is 34.4 Å². The maximum atomic E-state index is 12.3. The third-order valence-corrected chi connectivity index (χ3v) is 4.12. The van der Waals surface area contributed by atoms with Crippen molar-refractivity contribution in [1.82, 2.24) is 4.98 Å². The van der Waals surface area contributed by atoms with Gasteiger partial charge in [0.05, 0.1) is 11.2 Å². The van der Waals surface area contributed by atoms with Gasteiger partial charge < -0.3 is 20.5 Å². The average Bonchev–Trinajstić information content (AvgIpc) is 3.04. The molecule has 0 unspecified atom stereocenters. The number of hydrogen-bond acceptors (Lipinski definition) is 2. The zero-order valence-electron chi connectivity index (χ0n) is 14.1. The molecule has 5 heteroatoms. The molecule has 1 heterocycles. The highest BCUT2D eigenvalue weighted by molar-refractivity contribution is 6.05. The van der Waals surface area contributed by atoms with E-state index < -0.39 is 0 Å². The number of amides is 2. The molecule has 0 spiro atoms. The number of anilines is 3. The van der Waals surface area contributed by atoms with Crippen LogP contribution in [0.4, 0.5) is 21.9 Å². The van der Waals surface area contributed by atoms with Gasteiger partial charge in [0.1, 0.15) is 0 Å². The van der Waals surface area contributed by atoms with Gasteiger partial charge in [-0.05, 0) is 44.2 Å². The van der Waals surface area contributed by atoms with E-state index in [1.54, 1.807) is 0 Å². The lowest BCUT2D eigenvalue weighted by atomic mass is 10.2. The van der Waals surface area contributed by atoms with Crippen LogP contribution in [0.25, 0.3) is 10.9 Å². The summed E-state index contributed by atoms with van der Waals surface area (Å²) in [7, 11) is 2.04. The highest BCUT2D eigenvalue weighted by Crippen LogP contribution is 2.23. The van der Waals surface area contributed by atoms with E-state index in [0.29, 0.717) is 6.04 Å². The number of rotatable bonds is 4. The van der Waals surface area contributed by atoms with Crippen LogP contribution >= 0.6 is 0 Å². The van der Waals surface area contributed by atoms with Crippen LogP contribution in [-0.4, -0.2) is 24.1 Å². The van der Waals surface area contributed by atoms with Crippen LogP contribution in [0, 0.1) is 0 Å². The fourth-order valence-corrected chi connectivity index (χ4v) is 2.57. The summed E-state index contributed by atoms with van der Waals surface area (Å²) in [5.74, 6) is 0. The Morgan fingerprint density at radius 3 is 2.67 bits per heavy atom. The normalized spacial score (nSPS) is 10.8. The second-order valence-electron chi connectivity index (χ2n) is 6.08. The molecule has 0 aliphatic carbocycles. The standard InChI is InChI=1S/C19H22N4O/c1-13(2)23(3)16-8-5-7-15(12-16)21-19(24)22-17-9-4-6-14-10-11-20-18(14)17/h4-13,20H,1-3H3,(H2,21,22,24). The van der Waals surface area contributed by atoms with Crippen molar-refractivity contribution in [1.29, 1.82) is 0 Å². The largest absolute Gasteiger partial charge is 0.372 e. The summed E-state index contributed by atoms with van der Waals surface area (Å²) < 4.78 is 0. The number of carbonyl (C=O) groups excluding carboxylic acids is 1. The molecule has 1 aromatic heterocycles. The van der Waals surface area contributed by atoms with E-state index >= 15 is 0 Å². The van der Waals surface area contributed by atoms with Crippen LogP contribution in [-0.2, 0) is 0 Å². The van der Waals surface area contributed by atoms with Crippen molar-refractivity contribution in [3.05, 3.63) is 54.7 Å². The summed E-state index contributed by atoms with van der Waals surface area (Å²) in [5, 5.41) is 6.85. The monoisotopic (exact) mass is 322 g/mol. The Balaban J connectivity index is 1.73. The zero-order chi connectivity index (χ0) is 17.1. The van der Waals surface area contributed by atoms with E-state index in [1.165, 1.54) is 0 Å². The number of aromatic nitrogens is 1.